The fourth-order valence-corrected chi connectivity index (χ4v) is 1.89. The summed E-state index contributed by atoms with van der Waals surface area (Å²) in [5.74, 6) is 0.0330. The van der Waals surface area contributed by atoms with E-state index in [9.17, 15) is 13.9 Å². The molecule has 0 heterocycles. The van der Waals surface area contributed by atoms with E-state index in [2.05, 4.69) is 5.11 Å². The molecule has 0 radical (unpaired) electrons. The molecule has 0 spiro atoms. The Balaban J connectivity index is 2.84. The summed E-state index contributed by atoms with van der Waals surface area (Å²) in [5, 5.41) is 13.8. The van der Waals surface area contributed by atoms with E-state index in [1.165, 1.54) is 30.3 Å². The van der Waals surface area contributed by atoms with Crippen LogP contribution in [0.1, 0.15) is 0 Å². The van der Waals surface area contributed by atoms with E-state index in [1.54, 1.807) is 0 Å². The first kappa shape index (κ1) is 10.7. The number of nitrogens with one attached hydrogen (secondary N) is 1. The zero-order valence-electron chi connectivity index (χ0n) is 8.01. The standard InChI is InChI=1S/C10H8N2O3S/c11-12-9-3-4-10(13)7-2-1-6(16(14)15)5-8(7)9/h1-5,11,13H,(H,14,15)/p-1. The van der Waals surface area contributed by atoms with Crippen LogP contribution in [0.3, 0.4) is 0 Å². The Bertz CT molecular complexity index is 598. The van der Waals surface area contributed by atoms with Crippen molar-refractivity contribution in [2.45, 2.75) is 4.90 Å². The monoisotopic (exact) mass is 235 g/mol. The van der Waals surface area contributed by atoms with Gasteiger partial charge in [-0.15, -0.1) is 0 Å². The van der Waals surface area contributed by atoms with E-state index in [4.69, 9.17) is 5.53 Å². The Morgan fingerprint density at radius 1 is 1.25 bits per heavy atom. The summed E-state index contributed by atoms with van der Waals surface area (Å²) >= 11 is -2.34. The lowest BCUT2D eigenvalue weighted by Gasteiger charge is -2.08. The van der Waals surface area contributed by atoms with E-state index in [-0.39, 0.29) is 10.6 Å². The third-order valence-electron chi connectivity index (χ3n) is 2.25. The van der Waals surface area contributed by atoms with Crippen molar-refractivity contribution in [2.75, 3.05) is 0 Å². The molecule has 0 fully saturated rings. The van der Waals surface area contributed by atoms with Gasteiger partial charge in [0, 0.05) is 15.7 Å². The minimum absolute atomic E-state index is 0.0330. The largest absolute Gasteiger partial charge is 0.768 e. The van der Waals surface area contributed by atoms with Crippen LogP contribution in [-0.2, 0) is 11.1 Å². The van der Waals surface area contributed by atoms with Gasteiger partial charge in [-0.05, 0) is 41.4 Å². The highest BCUT2D eigenvalue weighted by atomic mass is 32.2. The average Bonchev–Trinajstić information content (AvgIpc) is 2.29. The van der Waals surface area contributed by atoms with Crippen molar-refractivity contribution in [3.8, 4) is 5.75 Å². The number of aromatic hydroxyl groups is 1. The van der Waals surface area contributed by atoms with E-state index in [1.807, 2.05) is 0 Å². The van der Waals surface area contributed by atoms with Gasteiger partial charge in [-0.25, -0.2) is 5.53 Å². The molecule has 0 aliphatic rings. The van der Waals surface area contributed by atoms with Crippen LogP contribution in [0, 0.1) is 5.53 Å². The van der Waals surface area contributed by atoms with Gasteiger partial charge < -0.3 is 9.66 Å². The molecular weight excluding hydrogens is 228 g/mol. The first-order valence-electron chi connectivity index (χ1n) is 4.36. The fourth-order valence-electron chi connectivity index (χ4n) is 1.50. The van der Waals surface area contributed by atoms with Gasteiger partial charge in [0.1, 0.15) is 5.75 Å². The van der Waals surface area contributed by atoms with E-state index in [0.29, 0.717) is 16.5 Å². The molecular formula is C10H7N2O3S-. The zero-order valence-corrected chi connectivity index (χ0v) is 8.82. The van der Waals surface area contributed by atoms with Crippen LogP contribution in [-0.4, -0.2) is 13.9 Å². The number of hydrogen-bond donors (Lipinski definition) is 2. The van der Waals surface area contributed by atoms with E-state index in [0.717, 1.165) is 0 Å². The van der Waals surface area contributed by atoms with Crippen LogP contribution >= 0.6 is 0 Å². The van der Waals surface area contributed by atoms with Gasteiger partial charge in [0.15, 0.2) is 0 Å². The lowest BCUT2D eigenvalue weighted by molar-refractivity contribution is 0.481. The van der Waals surface area contributed by atoms with Crippen molar-refractivity contribution >= 4 is 27.5 Å². The molecule has 1 unspecified atom stereocenters. The maximum absolute atomic E-state index is 10.8. The molecule has 2 N–H and O–H groups in total. The Kier molecular flexibility index (Phi) is 2.67. The van der Waals surface area contributed by atoms with Crippen LogP contribution in [0.25, 0.3) is 10.8 Å². The minimum Gasteiger partial charge on any atom is -0.768 e. The van der Waals surface area contributed by atoms with Gasteiger partial charge in [-0.3, -0.25) is 4.21 Å². The summed E-state index contributed by atoms with van der Waals surface area (Å²) in [5.41, 5.74) is 7.28. The fraction of sp³-hybridized carbons (Fsp3) is 0. The van der Waals surface area contributed by atoms with Crippen molar-refractivity contribution in [1.29, 1.82) is 5.53 Å². The van der Waals surface area contributed by atoms with Crippen molar-refractivity contribution in [3.63, 3.8) is 0 Å². The molecule has 16 heavy (non-hydrogen) atoms. The van der Waals surface area contributed by atoms with Crippen LogP contribution in [0.2, 0.25) is 0 Å². The molecule has 0 saturated heterocycles. The topological polar surface area (TPSA) is 96.6 Å². The molecule has 0 aromatic heterocycles. The number of nitrogens with zero attached hydrogens (tertiary/aromatic N) is 1. The summed E-state index contributed by atoms with van der Waals surface area (Å²) in [4.78, 5) is 0.100. The van der Waals surface area contributed by atoms with Crippen molar-refractivity contribution < 1.29 is 13.9 Å². The third kappa shape index (κ3) is 1.68. The molecule has 2 rings (SSSR count). The lowest BCUT2D eigenvalue weighted by Crippen LogP contribution is -1.88. The van der Waals surface area contributed by atoms with Gasteiger partial charge >= 0.3 is 0 Å². The molecule has 82 valence electrons. The Hall–Kier alpha value is -1.79. The molecule has 2 aromatic rings. The second-order valence-electron chi connectivity index (χ2n) is 3.16. The minimum atomic E-state index is -2.34. The maximum atomic E-state index is 10.8. The number of phenols is 1. The van der Waals surface area contributed by atoms with Gasteiger partial charge in [-0.1, -0.05) is 0 Å². The third-order valence-corrected chi connectivity index (χ3v) is 2.89. The quantitative estimate of drug-likeness (QED) is 0.618. The molecule has 5 nitrogen and oxygen atoms in total. The summed E-state index contributed by atoms with van der Waals surface area (Å²) in [7, 11) is 0. The Morgan fingerprint density at radius 2 is 2.00 bits per heavy atom. The van der Waals surface area contributed by atoms with Crippen molar-refractivity contribution in [2.24, 2.45) is 5.11 Å². The van der Waals surface area contributed by atoms with Gasteiger partial charge in [0.05, 0.1) is 5.69 Å². The molecule has 0 saturated carbocycles. The second-order valence-corrected chi connectivity index (χ2v) is 4.10. The molecule has 0 amide bonds. The number of benzene rings is 2. The van der Waals surface area contributed by atoms with E-state index >= 15 is 0 Å². The highest BCUT2D eigenvalue weighted by molar-refractivity contribution is 7.79. The summed E-state index contributed by atoms with van der Waals surface area (Å²) in [6, 6.07) is 7.14. The summed E-state index contributed by atoms with van der Waals surface area (Å²) < 4.78 is 21.6. The molecule has 0 aliphatic heterocycles. The summed E-state index contributed by atoms with van der Waals surface area (Å²) in [6.45, 7) is 0. The maximum Gasteiger partial charge on any atom is 0.123 e. The predicted octanol–water partition coefficient (Wildman–Crippen LogP) is 2.45. The van der Waals surface area contributed by atoms with Crippen molar-refractivity contribution in [3.05, 3.63) is 30.3 Å². The second kappa shape index (κ2) is 3.99. The molecule has 0 bridgehead atoms. The SMILES string of the molecule is N=Nc1ccc(O)c2ccc(S(=O)[O-])cc12. The summed E-state index contributed by atoms with van der Waals surface area (Å²) in [6.07, 6.45) is 0. The molecule has 6 heteroatoms. The van der Waals surface area contributed by atoms with E-state index < -0.39 is 11.1 Å². The normalized spacial score (nSPS) is 12.6. The van der Waals surface area contributed by atoms with Gasteiger partial charge in [-0.2, -0.15) is 5.11 Å². The smallest absolute Gasteiger partial charge is 0.123 e. The number of rotatable bonds is 2. The lowest BCUT2D eigenvalue weighted by atomic mass is 10.1. The number of phenolic OH excluding ortho intramolecular Hbond substituents is 1. The molecule has 2 aromatic carbocycles. The number of hydrogen-bond acceptors (Lipinski definition) is 5. The number of fused-ring (bicyclic) bond motifs is 1. The first-order valence-corrected chi connectivity index (χ1v) is 5.43. The van der Waals surface area contributed by atoms with Crippen LogP contribution < -0.4 is 0 Å². The molecule has 1 atom stereocenters. The predicted molar refractivity (Wildman–Crippen MR) is 57.6 cm³/mol. The zero-order chi connectivity index (χ0) is 11.7. The molecule has 0 aliphatic carbocycles. The van der Waals surface area contributed by atoms with Gasteiger partial charge in [0.25, 0.3) is 0 Å². The highest BCUT2D eigenvalue weighted by Gasteiger charge is 2.06. The first-order chi connectivity index (χ1) is 7.63. The Morgan fingerprint density at radius 3 is 2.62 bits per heavy atom. The average molecular weight is 235 g/mol. The highest BCUT2D eigenvalue weighted by Crippen LogP contribution is 2.33. The van der Waals surface area contributed by atoms with Crippen molar-refractivity contribution in [1.82, 2.24) is 0 Å². The van der Waals surface area contributed by atoms with Crippen LogP contribution in [0.15, 0.2) is 40.3 Å². The van der Waals surface area contributed by atoms with Crippen LogP contribution in [0.5, 0.6) is 5.75 Å². The van der Waals surface area contributed by atoms with Crippen LogP contribution in [0.4, 0.5) is 5.69 Å². The Labute approximate surface area is 93.5 Å². The van der Waals surface area contributed by atoms with Gasteiger partial charge in [0.2, 0.25) is 0 Å².